The fourth-order valence-corrected chi connectivity index (χ4v) is 10.9. The summed E-state index contributed by atoms with van der Waals surface area (Å²) in [6, 6.07) is 62.3. The molecule has 396 valence electrons. The maximum Gasteiger partial charge on any atom is 0.267 e. The minimum atomic E-state index is -0.325. The zero-order valence-electron chi connectivity index (χ0n) is 47.8. The van der Waals surface area contributed by atoms with E-state index in [1.54, 1.807) is 0 Å². The first-order valence-corrected chi connectivity index (χ1v) is 27.3. The summed E-state index contributed by atoms with van der Waals surface area (Å²) in [5, 5.41) is 2.22. The van der Waals surface area contributed by atoms with Crippen molar-refractivity contribution in [2.24, 2.45) is 0 Å². The summed E-state index contributed by atoms with van der Waals surface area (Å²) in [7, 11) is 0. The van der Waals surface area contributed by atoms with E-state index in [4.69, 9.17) is 9.72 Å². The Morgan fingerprint density at radius 3 is 1.70 bits per heavy atom. The fourth-order valence-electron chi connectivity index (χ4n) is 10.9. The van der Waals surface area contributed by atoms with Crippen LogP contribution in [0.5, 0.6) is 11.5 Å². The van der Waals surface area contributed by atoms with Gasteiger partial charge in [-0.05, 0) is 132 Å². The van der Waals surface area contributed by atoms with Crippen LogP contribution >= 0.6 is 0 Å². The molecule has 7 aromatic carbocycles. The van der Waals surface area contributed by atoms with E-state index >= 15 is 0 Å². The SMILES string of the molecule is CC(C)c1cc(C(C)C)c(-c2cc(-c3ccccc3)cc(-[n+]3[c-]n(-c4[c-]c(Oc5[c-]c6c(cc5)c5ccccc5n6-c5cc(C(C)(C)C)ccn5)cc(-c5ccccc5)c4)c(C(C)(C)C)c3C(C)(C)C)c2)c(C(C)C)c1.[Pt]. The topological polar surface area (TPSA) is 35.9 Å². The molecule has 0 saturated carbocycles. The second kappa shape index (κ2) is 21.2. The van der Waals surface area contributed by atoms with Gasteiger partial charge in [-0.2, -0.15) is 12.1 Å². The van der Waals surface area contributed by atoms with Crippen molar-refractivity contribution in [1.29, 1.82) is 0 Å². The normalized spacial score (nSPS) is 12.3. The summed E-state index contributed by atoms with van der Waals surface area (Å²) >= 11 is 0. The van der Waals surface area contributed by atoms with Gasteiger partial charge in [-0.15, -0.1) is 35.2 Å². The van der Waals surface area contributed by atoms with Gasteiger partial charge in [0.1, 0.15) is 5.82 Å². The largest absolute Gasteiger partial charge is 0.510 e. The monoisotopic (exact) mass is 1190 g/mol. The average molecular weight is 1190 g/mol. The summed E-state index contributed by atoms with van der Waals surface area (Å²) in [5.41, 5.74) is 17.8. The molecule has 0 unspecified atom stereocenters. The van der Waals surface area contributed by atoms with Crippen LogP contribution in [0.15, 0.2) is 158 Å². The van der Waals surface area contributed by atoms with Crippen molar-refractivity contribution in [3.8, 4) is 62.1 Å². The first kappa shape index (κ1) is 55.0. The van der Waals surface area contributed by atoms with Crippen molar-refractivity contribution in [3.05, 3.63) is 210 Å². The van der Waals surface area contributed by atoms with E-state index in [0.717, 1.165) is 61.4 Å². The summed E-state index contributed by atoms with van der Waals surface area (Å²) in [6.45, 7) is 34.6. The Bertz CT molecular complexity index is 3730. The second-order valence-corrected chi connectivity index (χ2v) is 24.8. The smallest absolute Gasteiger partial charge is 0.267 e. The molecule has 6 heteroatoms. The molecule has 10 aromatic rings. The summed E-state index contributed by atoms with van der Waals surface area (Å²) in [4.78, 5) is 4.93. The maximum atomic E-state index is 7.02. The predicted molar refractivity (Wildman–Crippen MR) is 317 cm³/mol. The van der Waals surface area contributed by atoms with Crippen molar-refractivity contribution in [2.45, 2.75) is 138 Å². The number of imidazole rings is 1. The number of para-hydroxylation sites is 1. The van der Waals surface area contributed by atoms with Crippen LogP contribution in [0.2, 0.25) is 0 Å². The van der Waals surface area contributed by atoms with Gasteiger partial charge in [0.05, 0.1) is 17.1 Å². The molecule has 0 aliphatic carbocycles. The van der Waals surface area contributed by atoms with Crippen LogP contribution in [0.3, 0.4) is 0 Å². The minimum Gasteiger partial charge on any atom is -0.510 e. The Hall–Kier alpha value is -6.81. The molecule has 0 atom stereocenters. The van der Waals surface area contributed by atoms with Crippen LogP contribution in [0.25, 0.3) is 72.4 Å². The van der Waals surface area contributed by atoms with E-state index in [0.29, 0.717) is 29.3 Å². The molecule has 0 aliphatic rings. The van der Waals surface area contributed by atoms with E-state index in [1.807, 2.05) is 12.3 Å². The van der Waals surface area contributed by atoms with Gasteiger partial charge < -0.3 is 13.9 Å². The fraction of sp³-hybridized carbons (Fsp3) is 0.296. The molecule has 0 bridgehead atoms. The molecule has 0 saturated heterocycles. The Labute approximate surface area is 473 Å². The molecule has 5 nitrogen and oxygen atoms in total. The molecule has 0 N–H and O–H groups in total. The molecule has 0 radical (unpaired) electrons. The Morgan fingerprint density at radius 2 is 1.12 bits per heavy atom. The molecule has 10 rings (SSSR count). The van der Waals surface area contributed by atoms with Gasteiger partial charge in [-0.1, -0.05) is 200 Å². The van der Waals surface area contributed by atoms with Crippen LogP contribution < -0.4 is 9.30 Å². The standard InChI is InChI=1S/C71H74N4O.Pt/c1-45(2)50-39-61(46(3)4)66(62(40-50)47(5)6)53-34-51(48-24-18-16-19-25-48)35-55(37-53)73-44-74(68(71(13,14)15)67(73)70(10,11)12)56-36-52(49-26-20-17-21-27-49)38-58(42-56)76-57-30-31-60-59-28-22-23-29-63(59)75(64(60)43-57)65-41-54(32-33-72-65)69(7,8)9;/h16-41,45-47H,1-15H3;/q-2;. The zero-order valence-corrected chi connectivity index (χ0v) is 50.0. The van der Waals surface area contributed by atoms with Gasteiger partial charge in [-0.3, -0.25) is 4.57 Å². The number of hydrogen-bond donors (Lipinski definition) is 0. The molecule has 0 fully saturated rings. The summed E-state index contributed by atoms with van der Waals surface area (Å²) in [6.07, 6.45) is 5.94. The van der Waals surface area contributed by atoms with Gasteiger partial charge in [0.15, 0.2) is 0 Å². The van der Waals surface area contributed by atoms with Crippen LogP contribution in [0.1, 0.15) is 155 Å². The van der Waals surface area contributed by atoms with Crippen LogP contribution in [0.4, 0.5) is 0 Å². The zero-order chi connectivity index (χ0) is 54.0. The molecular formula is C71H74N4OPt-2. The van der Waals surface area contributed by atoms with Gasteiger partial charge >= 0.3 is 0 Å². The molecule has 0 aliphatic heterocycles. The number of rotatable bonds is 11. The van der Waals surface area contributed by atoms with Crippen molar-refractivity contribution < 1.29 is 30.4 Å². The van der Waals surface area contributed by atoms with E-state index in [9.17, 15) is 0 Å². The molecule has 3 heterocycles. The average Bonchev–Trinajstić information content (AvgIpc) is 4.12. The van der Waals surface area contributed by atoms with E-state index < -0.39 is 0 Å². The third kappa shape index (κ3) is 10.9. The van der Waals surface area contributed by atoms with Gasteiger partial charge in [0.25, 0.3) is 6.33 Å². The Kier molecular flexibility index (Phi) is 15.1. The van der Waals surface area contributed by atoms with Gasteiger partial charge in [-0.25, -0.2) is 4.98 Å². The Balaban J connectivity index is 0.00000722. The maximum absolute atomic E-state index is 7.02. The third-order valence-electron chi connectivity index (χ3n) is 14.8. The summed E-state index contributed by atoms with van der Waals surface area (Å²) in [5.74, 6) is 3.07. The Morgan fingerprint density at radius 1 is 0.519 bits per heavy atom. The van der Waals surface area contributed by atoms with E-state index in [1.165, 1.54) is 44.6 Å². The number of benzene rings is 7. The molecule has 3 aromatic heterocycles. The van der Waals surface area contributed by atoms with Crippen molar-refractivity contribution >= 4 is 21.8 Å². The quantitative estimate of drug-likeness (QED) is 0.0956. The van der Waals surface area contributed by atoms with Gasteiger partial charge in [0, 0.05) is 44.3 Å². The first-order chi connectivity index (χ1) is 36.0. The molecule has 0 amide bonds. The number of nitrogens with zero attached hydrogens (tertiary/aromatic N) is 4. The third-order valence-corrected chi connectivity index (χ3v) is 14.8. The minimum absolute atomic E-state index is 0. The number of hydrogen-bond acceptors (Lipinski definition) is 2. The summed E-state index contributed by atoms with van der Waals surface area (Å²) < 4.78 is 13.8. The molecule has 77 heavy (non-hydrogen) atoms. The van der Waals surface area contributed by atoms with Crippen LogP contribution in [-0.2, 0) is 37.3 Å². The van der Waals surface area contributed by atoms with E-state index in [2.05, 4.69) is 282 Å². The predicted octanol–water partition coefficient (Wildman–Crippen LogP) is 18.7. The van der Waals surface area contributed by atoms with Gasteiger partial charge in [0.2, 0.25) is 0 Å². The van der Waals surface area contributed by atoms with E-state index in [-0.39, 0.29) is 37.3 Å². The van der Waals surface area contributed by atoms with Crippen molar-refractivity contribution in [3.63, 3.8) is 0 Å². The second-order valence-electron chi connectivity index (χ2n) is 24.8. The number of pyridine rings is 1. The van der Waals surface area contributed by atoms with Crippen molar-refractivity contribution in [1.82, 2.24) is 14.1 Å². The number of ether oxygens (including phenoxy) is 1. The first-order valence-electron chi connectivity index (χ1n) is 27.3. The molecular weight excluding hydrogens is 1120 g/mol. The molecule has 0 spiro atoms. The van der Waals surface area contributed by atoms with Crippen LogP contribution in [-0.4, -0.2) is 14.1 Å². The van der Waals surface area contributed by atoms with Crippen LogP contribution in [0, 0.1) is 18.5 Å². The van der Waals surface area contributed by atoms with Crippen molar-refractivity contribution in [2.75, 3.05) is 0 Å². The number of aromatic nitrogens is 4. The number of fused-ring (bicyclic) bond motifs is 3.